The average Bonchev–Trinajstić information content (AvgIpc) is 2.85. The van der Waals surface area contributed by atoms with Gasteiger partial charge in [0.25, 0.3) is 5.56 Å². The summed E-state index contributed by atoms with van der Waals surface area (Å²) in [5.74, 6) is 0. The van der Waals surface area contributed by atoms with E-state index in [1.54, 1.807) is 6.92 Å². The van der Waals surface area contributed by atoms with Crippen LogP contribution in [0.1, 0.15) is 18.2 Å². The van der Waals surface area contributed by atoms with E-state index in [1.165, 1.54) is 10.8 Å². The van der Waals surface area contributed by atoms with Crippen LogP contribution < -0.4 is 11.2 Å². The van der Waals surface area contributed by atoms with Crippen molar-refractivity contribution in [1.29, 1.82) is 0 Å². The summed E-state index contributed by atoms with van der Waals surface area (Å²) in [6.45, 7) is 0.760. The number of aryl methyl sites for hydroxylation is 1. The molecule has 0 saturated carbocycles. The van der Waals surface area contributed by atoms with Gasteiger partial charge < -0.3 is 14.6 Å². The summed E-state index contributed by atoms with van der Waals surface area (Å²) in [6, 6.07) is 0. The predicted octanol–water partition coefficient (Wildman–Crippen LogP) is -1.21. The number of nitrogens with one attached hydrogen (secondary N) is 1. The minimum atomic E-state index is -0.708. The SMILES string of the molecule is Cc1cn([C@H]2CC(OCC[N+](=O)[O-])[C@@H](CO)O2)c(=O)[nH]c1=O. The average molecular weight is 315 g/mol. The molecule has 10 nitrogen and oxygen atoms in total. The van der Waals surface area contributed by atoms with E-state index < -0.39 is 34.6 Å². The van der Waals surface area contributed by atoms with Crippen LogP contribution in [0.2, 0.25) is 0 Å². The lowest BCUT2D eigenvalue weighted by Crippen LogP contribution is -2.33. The van der Waals surface area contributed by atoms with E-state index in [0.29, 0.717) is 5.56 Å². The van der Waals surface area contributed by atoms with E-state index in [4.69, 9.17) is 9.47 Å². The van der Waals surface area contributed by atoms with Crippen LogP contribution in [0.3, 0.4) is 0 Å². The van der Waals surface area contributed by atoms with Crippen LogP contribution in [0.4, 0.5) is 0 Å². The molecule has 2 rings (SSSR count). The second kappa shape index (κ2) is 6.81. The summed E-state index contributed by atoms with van der Waals surface area (Å²) >= 11 is 0. The minimum Gasteiger partial charge on any atom is -0.394 e. The van der Waals surface area contributed by atoms with E-state index in [0.717, 1.165) is 0 Å². The summed E-state index contributed by atoms with van der Waals surface area (Å²) in [5, 5.41) is 19.6. The van der Waals surface area contributed by atoms with Gasteiger partial charge in [0.2, 0.25) is 6.54 Å². The number of nitrogens with zero attached hydrogens (tertiary/aromatic N) is 2. The highest BCUT2D eigenvalue weighted by atomic mass is 16.6. The maximum atomic E-state index is 11.8. The molecule has 1 fully saturated rings. The Morgan fingerprint density at radius 1 is 1.59 bits per heavy atom. The molecule has 122 valence electrons. The Morgan fingerprint density at radius 3 is 2.95 bits per heavy atom. The Labute approximate surface area is 124 Å². The van der Waals surface area contributed by atoms with Gasteiger partial charge in [0, 0.05) is 23.1 Å². The molecule has 1 aromatic heterocycles. The van der Waals surface area contributed by atoms with Crippen molar-refractivity contribution < 1.29 is 19.5 Å². The van der Waals surface area contributed by atoms with Gasteiger partial charge in [-0.3, -0.25) is 24.5 Å². The zero-order valence-corrected chi connectivity index (χ0v) is 11.9. The number of hydrogen-bond acceptors (Lipinski definition) is 7. The molecular formula is C12H17N3O7. The van der Waals surface area contributed by atoms with Crippen molar-refractivity contribution in [1.82, 2.24) is 9.55 Å². The molecular weight excluding hydrogens is 298 g/mol. The molecule has 0 spiro atoms. The first-order valence-electron chi connectivity index (χ1n) is 6.74. The largest absolute Gasteiger partial charge is 0.394 e. The Morgan fingerprint density at radius 2 is 2.32 bits per heavy atom. The lowest BCUT2D eigenvalue weighted by Gasteiger charge is -2.15. The van der Waals surface area contributed by atoms with E-state index in [1.807, 2.05) is 0 Å². The number of rotatable bonds is 6. The molecule has 22 heavy (non-hydrogen) atoms. The zero-order valence-electron chi connectivity index (χ0n) is 11.9. The van der Waals surface area contributed by atoms with Crippen LogP contribution >= 0.6 is 0 Å². The molecule has 1 aliphatic rings. The molecule has 0 aromatic carbocycles. The fraction of sp³-hybridized carbons (Fsp3) is 0.667. The standard InChI is InChI=1S/C12H17N3O7/c1-7-5-14(12(18)13-11(7)17)10-4-8(9(6-16)22-10)21-3-2-15(19)20/h5,8-10,16H,2-4,6H2,1H3,(H,13,17,18)/t8?,9-,10-/m1/s1. The van der Waals surface area contributed by atoms with Crippen molar-refractivity contribution in [3.63, 3.8) is 0 Å². The maximum absolute atomic E-state index is 11.8. The Kier molecular flexibility index (Phi) is 5.06. The number of aliphatic hydroxyl groups is 1. The minimum absolute atomic E-state index is 0.107. The van der Waals surface area contributed by atoms with Crippen LogP contribution in [-0.2, 0) is 9.47 Å². The normalized spacial score (nSPS) is 24.5. The van der Waals surface area contributed by atoms with Gasteiger partial charge in [-0.15, -0.1) is 0 Å². The molecule has 10 heteroatoms. The molecule has 1 saturated heterocycles. The fourth-order valence-corrected chi connectivity index (χ4v) is 2.29. The van der Waals surface area contributed by atoms with E-state index in [9.17, 15) is 24.8 Å². The first-order valence-corrected chi connectivity index (χ1v) is 6.74. The summed E-state index contributed by atoms with van der Waals surface area (Å²) in [7, 11) is 0. The number of aromatic nitrogens is 2. The Bertz CT molecular complexity index is 653. The molecule has 2 N–H and O–H groups in total. The van der Waals surface area contributed by atoms with Crippen LogP contribution in [0, 0.1) is 17.0 Å². The van der Waals surface area contributed by atoms with Gasteiger partial charge in [-0.05, 0) is 6.92 Å². The molecule has 3 atom stereocenters. The van der Waals surface area contributed by atoms with Gasteiger partial charge in [-0.25, -0.2) is 4.79 Å². The molecule has 0 amide bonds. The van der Waals surface area contributed by atoms with Crippen molar-refractivity contribution in [2.24, 2.45) is 0 Å². The summed E-state index contributed by atoms with van der Waals surface area (Å²) in [6.07, 6.45) is -0.334. The molecule has 1 unspecified atom stereocenters. The number of hydrogen-bond donors (Lipinski definition) is 2. The number of nitro groups is 1. The van der Waals surface area contributed by atoms with Crippen molar-refractivity contribution in [3.05, 3.63) is 42.7 Å². The summed E-state index contributed by atoms with van der Waals surface area (Å²) in [5.41, 5.74) is -0.749. The third-order valence-corrected chi connectivity index (χ3v) is 3.42. The molecule has 1 aromatic rings. The first kappa shape index (κ1) is 16.3. The van der Waals surface area contributed by atoms with E-state index in [-0.39, 0.29) is 26.2 Å². The monoisotopic (exact) mass is 315 g/mol. The lowest BCUT2D eigenvalue weighted by molar-refractivity contribution is -0.484. The smallest absolute Gasteiger partial charge is 0.330 e. The van der Waals surface area contributed by atoms with Crippen molar-refractivity contribution in [2.45, 2.75) is 31.8 Å². The van der Waals surface area contributed by atoms with Gasteiger partial charge in [0.15, 0.2) is 0 Å². The predicted molar refractivity (Wildman–Crippen MR) is 73.3 cm³/mol. The van der Waals surface area contributed by atoms with E-state index in [2.05, 4.69) is 4.98 Å². The van der Waals surface area contributed by atoms with Gasteiger partial charge in [-0.1, -0.05) is 0 Å². The number of aromatic amines is 1. The van der Waals surface area contributed by atoms with Crippen molar-refractivity contribution >= 4 is 0 Å². The fourth-order valence-electron chi connectivity index (χ4n) is 2.29. The molecule has 0 bridgehead atoms. The van der Waals surface area contributed by atoms with Crippen molar-refractivity contribution in [3.8, 4) is 0 Å². The Balaban J connectivity index is 2.11. The highest BCUT2D eigenvalue weighted by Crippen LogP contribution is 2.29. The number of aliphatic hydroxyl groups excluding tert-OH is 1. The molecule has 0 aliphatic carbocycles. The third-order valence-electron chi connectivity index (χ3n) is 3.42. The highest BCUT2D eigenvalue weighted by Gasteiger charge is 2.37. The summed E-state index contributed by atoms with van der Waals surface area (Å²) < 4.78 is 12.1. The second-order valence-corrected chi connectivity index (χ2v) is 4.99. The lowest BCUT2D eigenvalue weighted by atomic mass is 10.2. The van der Waals surface area contributed by atoms with E-state index >= 15 is 0 Å². The quantitative estimate of drug-likeness (QED) is 0.496. The van der Waals surface area contributed by atoms with Crippen molar-refractivity contribution in [2.75, 3.05) is 19.8 Å². The number of ether oxygens (including phenoxy) is 2. The van der Waals surface area contributed by atoms with Gasteiger partial charge in [0.1, 0.15) is 18.9 Å². The topological polar surface area (TPSA) is 137 Å². The maximum Gasteiger partial charge on any atom is 0.330 e. The third kappa shape index (κ3) is 3.59. The Hall–Kier alpha value is -2.04. The summed E-state index contributed by atoms with van der Waals surface area (Å²) in [4.78, 5) is 35.1. The molecule has 1 aliphatic heterocycles. The second-order valence-electron chi connectivity index (χ2n) is 4.99. The molecule has 0 radical (unpaired) electrons. The zero-order chi connectivity index (χ0) is 16.3. The highest BCUT2D eigenvalue weighted by molar-refractivity contribution is 5.02. The first-order chi connectivity index (χ1) is 10.4. The van der Waals surface area contributed by atoms with Crippen LogP contribution in [0.25, 0.3) is 0 Å². The van der Waals surface area contributed by atoms with Crippen LogP contribution in [0.15, 0.2) is 15.8 Å². The number of H-pyrrole nitrogens is 1. The van der Waals surface area contributed by atoms with Crippen LogP contribution in [-0.4, -0.2) is 51.5 Å². The molecule has 2 heterocycles. The van der Waals surface area contributed by atoms with Gasteiger partial charge >= 0.3 is 5.69 Å². The van der Waals surface area contributed by atoms with Gasteiger partial charge in [0.05, 0.1) is 12.7 Å². The van der Waals surface area contributed by atoms with Crippen LogP contribution in [0.5, 0.6) is 0 Å². The van der Waals surface area contributed by atoms with Gasteiger partial charge in [-0.2, -0.15) is 0 Å².